The van der Waals surface area contributed by atoms with Gasteiger partial charge in [0.25, 0.3) is 0 Å². The maximum atomic E-state index is 12.1. The van der Waals surface area contributed by atoms with E-state index in [4.69, 9.17) is 4.52 Å². The van der Waals surface area contributed by atoms with Crippen LogP contribution >= 0.6 is 11.3 Å². The molecule has 0 aliphatic heterocycles. The van der Waals surface area contributed by atoms with Gasteiger partial charge in [-0.2, -0.15) is 0 Å². The molecule has 21 heavy (non-hydrogen) atoms. The van der Waals surface area contributed by atoms with Crippen LogP contribution in [0.2, 0.25) is 0 Å². The van der Waals surface area contributed by atoms with Crippen LogP contribution in [0.4, 0.5) is 5.13 Å². The van der Waals surface area contributed by atoms with Gasteiger partial charge in [0.2, 0.25) is 5.91 Å². The fraction of sp³-hybridized carbons (Fsp3) is 0.267. The zero-order valence-electron chi connectivity index (χ0n) is 12.1. The minimum absolute atomic E-state index is 0.110. The number of carbonyl (C=O) groups is 1. The van der Waals surface area contributed by atoms with Gasteiger partial charge in [-0.1, -0.05) is 28.6 Å². The van der Waals surface area contributed by atoms with E-state index in [1.54, 1.807) is 0 Å². The van der Waals surface area contributed by atoms with Crippen LogP contribution in [0.1, 0.15) is 22.6 Å². The summed E-state index contributed by atoms with van der Waals surface area (Å²) in [6.45, 7) is 5.65. The van der Waals surface area contributed by atoms with E-state index in [1.165, 1.54) is 11.3 Å². The predicted octanol–water partition coefficient (Wildman–Crippen LogP) is 3.39. The van der Waals surface area contributed by atoms with E-state index in [2.05, 4.69) is 15.5 Å². The molecule has 1 N–H and O–H groups in total. The molecule has 3 rings (SSSR count). The van der Waals surface area contributed by atoms with Crippen LogP contribution < -0.4 is 5.32 Å². The van der Waals surface area contributed by atoms with Gasteiger partial charge in [0, 0.05) is 5.56 Å². The maximum absolute atomic E-state index is 12.1. The Bertz CT molecular complexity index is 800. The highest BCUT2D eigenvalue weighted by atomic mass is 32.1. The molecule has 0 spiro atoms. The summed E-state index contributed by atoms with van der Waals surface area (Å²) < 4.78 is 6.14. The Kier molecular flexibility index (Phi) is 3.47. The van der Waals surface area contributed by atoms with Crippen molar-refractivity contribution in [2.75, 3.05) is 5.32 Å². The molecular formula is C15H15N3O2S. The van der Waals surface area contributed by atoms with E-state index in [0.717, 1.165) is 27.0 Å². The number of amides is 1. The Labute approximate surface area is 126 Å². The number of benzene rings is 1. The molecule has 0 aliphatic rings. The Hall–Kier alpha value is -2.21. The van der Waals surface area contributed by atoms with E-state index < -0.39 is 0 Å². The van der Waals surface area contributed by atoms with Crippen LogP contribution in [-0.2, 0) is 11.2 Å². The Morgan fingerprint density at radius 2 is 2.14 bits per heavy atom. The molecule has 0 saturated carbocycles. The zero-order valence-corrected chi connectivity index (χ0v) is 12.9. The number of nitrogens with zero attached hydrogens (tertiary/aromatic N) is 2. The summed E-state index contributed by atoms with van der Waals surface area (Å²) in [5.41, 5.74) is 3.64. The van der Waals surface area contributed by atoms with Crippen molar-refractivity contribution < 1.29 is 9.32 Å². The van der Waals surface area contributed by atoms with Crippen molar-refractivity contribution in [3.63, 3.8) is 0 Å². The topological polar surface area (TPSA) is 68.0 Å². The number of hydrogen-bond donors (Lipinski definition) is 1. The van der Waals surface area contributed by atoms with Crippen molar-refractivity contribution in [3.8, 4) is 0 Å². The van der Waals surface area contributed by atoms with Gasteiger partial charge in [-0.05, 0) is 32.4 Å². The standard InChI is InChI=1S/C15H15N3O2S/c1-8-5-4-6-12-14(8)17-15(21-12)16-13(19)7-11-9(2)18-20-10(11)3/h4-6H,7H2,1-3H3,(H,16,17,19). The quantitative estimate of drug-likeness (QED) is 0.805. The number of nitrogens with one attached hydrogen (secondary N) is 1. The minimum Gasteiger partial charge on any atom is -0.361 e. The number of thiazole rings is 1. The minimum atomic E-state index is -0.110. The second-order valence-electron chi connectivity index (χ2n) is 4.97. The lowest BCUT2D eigenvalue weighted by atomic mass is 10.1. The summed E-state index contributed by atoms with van der Waals surface area (Å²) in [5, 5.41) is 7.33. The Morgan fingerprint density at radius 3 is 2.81 bits per heavy atom. The molecule has 0 aliphatic carbocycles. The summed E-state index contributed by atoms with van der Waals surface area (Å²) in [5.74, 6) is 0.573. The van der Waals surface area contributed by atoms with Gasteiger partial charge < -0.3 is 9.84 Å². The van der Waals surface area contributed by atoms with Gasteiger partial charge in [0.1, 0.15) is 5.76 Å². The SMILES string of the molecule is Cc1noc(C)c1CC(=O)Nc1nc2c(C)cccc2s1. The summed E-state index contributed by atoms with van der Waals surface area (Å²) in [6.07, 6.45) is 0.246. The first-order valence-electron chi connectivity index (χ1n) is 6.62. The third-order valence-electron chi connectivity index (χ3n) is 3.39. The predicted molar refractivity (Wildman–Crippen MR) is 82.7 cm³/mol. The van der Waals surface area contributed by atoms with Crippen LogP contribution in [0.15, 0.2) is 22.7 Å². The van der Waals surface area contributed by atoms with Crippen molar-refractivity contribution in [1.82, 2.24) is 10.1 Å². The van der Waals surface area contributed by atoms with Crippen LogP contribution in [0, 0.1) is 20.8 Å². The van der Waals surface area contributed by atoms with E-state index in [9.17, 15) is 4.79 Å². The van der Waals surface area contributed by atoms with Gasteiger partial charge in [0.15, 0.2) is 5.13 Å². The molecule has 1 amide bonds. The molecule has 108 valence electrons. The Morgan fingerprint density at radius 1 is 1.33 bits per heavy atom. The third kappa shape index (κ3) is 2.67. The Balaban J connectivity index is 1.79. The van der Waals surface area contributed by atoms with Crippen molar-refractivity contribution in [2.45, 2.75) is 27.2 Å². The average molecular weight is 301 g/mol. The molecule has 0 fully saturated rings. The number of rotatable bonds is 3. The molecular weight excluding hydrogens is 286 g/mol. The van der Waals surface area contributed by atoms with Crippen LogP contribution in [-0.4, -0.2) is 16.0 Å². The van der Waals surface area contributed by atoms with Crippen LogP contribution in [0.3, 0.4) is 0 Å². The smallest absolute Gasteiger partial charge is 0.230 e. The van der Waals surface area contributed by atoms with E-state index in [1.807, 2.05) is 39.0 Å². The molecule has 0 radical (unpaired) electrons. The molecule has 0 atom stereocenters. The summed E-state index contributed by atoms with van der Waals surface area (Å²) in [6, 6.07) is 6.01. The number of anilines is 1. The van der Waals surface area contributed by atoms with Crippen molar-refractivity contribution in [1.29, 1.82) is 0 Å². The second kappa shape index (κ2) is 5.29. The first-order valence-corrected chi connectivity index (χ1v) is 7.44. The molecule has 3 aromatic rings. The van der Waals surface area contributed by atoms with Gasteiger partial charge >= 0.3 is 0 Å². The normalized spacial score (nSPS) is 11.0. The monoisotopic (exact) mass is 301 g/mol. The maximum Gasteiger partial charge on any atom is 0.230 e. The molecule has 0 bridgehead atoms. The molecule has 2 heterocycles. The molecule has 5 nitrogen and oxygen atoms in total. The van der Waals surface area contributed by atoms with Gasteiger partial charge in [-0.25, -0.2) is 4.98 Å². The van der Waals surface area contributed by atoms with Crippen LogP contribution in [0.25, 0.3) is 10.2 Å². The number of fused-ring (bicyclic) bond motifs is 1. The number of aromatic nitrogens is 2. The highest BCUT2D eigenvalue weighted by Gasteiger charge is 2.15. The second-order valence-corrected chi connectivity index (χ2v) is 6.00. The fourth-order valence-corrected chi connectivity index (χ4v) is 3.18. The van der Waals surface area contributed by atoms with Gasteiger partial charge in [-0.15, -0.1) is 0 Å². The van der Waals surface area contributed by atoms with Crippen molar-refractivity contribution in [3.05, 3.63) is 40.8 Å². The molecule has 0 unspecified atom stereocenters. The largest absolute Gasteiger partial charge is 0.361 e. The van der Waals surface area contributed by atoms with Crippen molar-refractivity contribution in [2.24, 2.45) is 0 Å². The van der Waals surface area contributed by atoms with Gasteiger partial charge in [0.05, 0.1) is 22.3 Å². The number of para-hydroxylation sites is 1. The fourth-order valence-electron chi connectivity index (χ4n) is 2.22. The number of carbonyl (C=O) groups excluding carboxylic acids is 1. The van der Waals surface area contributed by atoms with Gasteiger partial charge in [-0.3, -0.25) is 4.79 Å². The first-order chi connectivity index (χ1) is 10.0. The lowest BCUT2D eigenvalue weighted by Gasteiger charge is -2.00. The highest BCUT2D eigenvalue weighted by molar-refractivity contribution is 7.22. The summed E-state index contributed by atoms with van der Waals surface area (Å²) in [4.78, 5) is 16.6. The van der Waals surface area contributed by atoms with E-state index in [0.29, 0.717) is 10.9 Å². The number of aryl methyl sites for hydroxylation is 3. The summed E-state index contributed by atoms with van der Waals surface area (Å²) in [7, 11) is 0. The van der Waals surface area contributed by atoms with Crippen molar-refractivity contribution >= 4 is 32.6 Å². The third-order valence-corrected chi connectivity index (χ3v) is 4.32. The molecule has 0 saturated heterocycles. The first kappa shape index (κ1) is 13.8. The lowest BCUT2D eigenvalue weighted by molar-refractivity contribution is -0.115. The lowest BCUT2D eigenvalue weighted by Crippen LogP contribution is -2.14. The molecule has 2 aromatic heterocycles. The van der Waals surface area contributed by atoms with E-state index >= 15 is 0 Å². The number of hydrogen-bond acceptors (Lipinski definition) is 5. The highest BCUT2D eigenvalue weighted by Crippen LogP contribution is 2.28. The molecule has 1 aromatic carbocycles. The van der Waals surface area contributed by atoms with E-state index in [-0.39, 0.29) is 12.3 Å². The average Bonchev–Trinajstić information content (AvgIpc) is 2.97. The zero-order chi connectivity index (χ0) is 15.0. The molecule has 6 heteroatoms. The van der Waals surface area contributed by atoms with Crippen LogP contribution in [0.5, 0.6) is 0 Å². The summed E-state index contributed by atoms with van der Waals surface area (Å²) >= 11 is 1.48.